The van der Waals surface area contributed by atoms with Gasteiger partial charge in [0.25, 0.3) is 10.1 Å². The molecule has 0 aromatic carbocycles. The monoisotopic (exact) mass is 203 g/mol. The van der Waals surface area contributed by atoms with Crippen molar-refractivity contribution in [3.05, 3.63) is 24.5 Å². The third-order valence-corrected chi connectivity index (χ3v) is 2.54. The highest BCUT2D eigenvalue weighted by Gasteiger charge is 2.02. The van der Waals surface area contributed by atoms with E-state index in [0.29, 0.717) is 6.42 Å². The van der Waals surface area contributed by atoms with Gasteiger partial charge in [-0.2, -0.15) is 8.42 Å². The normalized spacial score (nSPS) is 11.8. The van der Waals surface area contributed by atoms with Crippen molar-refractivity contribution in [1.29, 1.82) is 0 Å². The second kappa shape index (κ2) is 4.43. The minimum Gasteiger partial charge on any atom is -0.354 e. The summed E-state index contributed by atoms with van der Waals surface area (Å²) in [5.41, 5.74) is 0. The second-order valence-corrected chi connectivity index (χ2v) is 4.49. The van der Waals surface area contributed by atoms with Crippen molar-refractivity contribution in [1.82, 2.24) is 4.57 Å². The Morgan fingerprint density at radius 2 is 1.77 bits per heavy atom. The van der Waals surface area contributed by atoms with Crippen molar-refractivity contribution in [2.45, 2.75) is 19.4 Å². The van der Waals surface area contributed by atoms with Gasteiger partial charge in [0.05, 0.1) is 5.75 Å². The van der Waals surface area contributed by atoms with Crippen molar-refractivity contribution >= 4 is 10.1 Å². The first-order chi connectivity index (χ1) is 6.08. The summed E-state index contributed by atoms with van der Waals surface area (Å²) in [6, 6.07) is 3.84. The van der Waals surface area contributed by atoms with E-state index >= 15 is 0 Å². The molecule has 1 rings (SSSR count). The van der Waals surface area contributed by atoms with Crippen LogP contribution in [0.5, 0.6) is 0 Å². The molecule has 0 aliphatic rings. The van der Waals surface area contributed by atoms with E-state index < -0.39 is 10.1 Å². The average Bonchev–Trinajstić information content (AvgIpc) is 2.48. The van der Waals surface area contributed by atoms with Gasteiger partial charge in [0.1, 0.15) is 0 Å². The Kier molecular flexibility index (Phi) is 3.50. The summed E-state index contributed by atoms with van der Waals surface area (Å²) < 4.78 is 31.1. The van der Waals surface area contributed by atoms with Crippen molar-refractivity contribution in [2.75, 3.05) is 5.75 Å². The van der Waals surface area contributed by atoms with Gasteiger partial charge >= 0.3 is 0 Å². The second-order valence-electron chi connectivity index (χ2n) is 2.91. The zero-order chi connectivity index (χ0) is 9.73. The summed E-state index contributed by atoms with van der Waals surface area (Å²) >= 11 is 0. The number of nitrogens with zero attached hydrogens (tertiary/aromatic N) is 1. The molecular formula is C8H13NO3S. The van der Waals surface area contributed by atoms with E-state index in [2.05, 4.69) is 0 Å². The molecule has 0 unspecified atom stereocenters. The Hall–Kier alpha value is -0.810. The van der Waals surface area contributed by atoms with E-state index in [9.17, 15) is 8.42 Å². The molecule has 1 aromatic heterocycles. The first kappa shape index (κ1) is 10.3. The van der Waals surface area contributed by atoms with Crippen molar-refractivity contribution in [3.8, 4) is 0 Å². The van der Waals surface area contributed by atoms with Gasteiger partial charge in [0.15, 0.2) is 0 Å². The van der Waals surface area contributed by atoms with Crippen LogP contribution >= 0.6 is 0 Å². The SMILES string of the molecule is O=S(=O)(O)CCCCn1cccc1. The molecule has 1 aromatic rings. The first-order valence-corrected chi connectivity index (χ1v) is 5.75. The van der Waals surface area contributed by atoms with Crippen LogP contribution in [0.1, 0.15) is 12.8 Å². The Labute approximate surface area is 77.9 Å². The zero-order valence-corrected chi connectivity index (χ0v) is 8.07. The fourth-order valence-electron chi connectivity index (χ4n) is 1.10. The zero-order valence-electron chi connectivity index (χ0n) is 7.26. The Balaban J connectivity index is 2.16. The lowest BCUT2D eigenvalue weighted by Gasteiger charge is -2.00. The molecule has 74 valence electrons. The summed E-state index contributed by atoms with van der Waals surface area (Å²) in [6.45, 7) is 0.794. The van der Waals surface area contributed by atoms with Gasteiger partial charge in [-0.05, 0) is 25.0 Å². The third kappa shape index (κ3) is 4.69. The lowest BCUT2D eigenvalue weighted by atomic mass is 10.3. The van der Waals surface area contributed by atoms with Gasteiger partial charge in [-0.15, -0.1) is 0 Å². The number of unbranched alkanes of at least 4 members (excludes halogenated alkanes) is 1. The van der Waals surface area contributed by atoms with E-state index in [0.717, 1.165) is 13.0 Å². The number of aromatic nitrogens is 1. The molecule has 4 nitrogen and oxygen atoms in total. The molecule has 0 atom stereocenters. The smallest absolute Gasteiger partial charge is 0.264 e. The molecule has 0 aliphatic carbocycles. The number of hydrogen-bond acceptors (Lipinski definition) is 2. The van der Waals surface area contributed by atoms with Crippen molar-refractivity contribution in [3.63, 3.8) is 0 Å². The predicted octanol–water partition coefficient (Wildman–Crippen LogP) is 1.16. The maximum Gasteiger partial charge on any atom is 0.264 e. The van der Waals surface area contributed by atoms with Crippen LogP contribution < -0.4 is 0 Å². The molecule has 0 spiro atoms. The maximum atomic E-state index is 10.3. The van der Waals surface area contributed by atoms with Crippen LogP contribution in [0.15, 0.2) is 24.5 Å². The molecule has 0 bridgehead atoms. The molecule has 0 saturated heterocycles. The van der Waals surface area contributed by atoms with Crippen LogP contribution in [0, 0.1) is 0 Å². The van der Waals surface area contributed by atoms with Gasteiger partial charge < -0.3 is 4.57 Å². The van der Waals surface area contributed by atoms with E-state index in [-0.39, 0.29) is 5.75 Å². The van der Waals surface area contributed by atoms with Gasteiger partial charge in [0.2, 0.25) is 0 Å². The molecule has 1 heterocycles. The van der Waals surface area contributed by atoms with Crippen LogP contribution in [0.2, 0.25) is 0 Å². The van der Waals surface area contributed by atoms with Gasteiger partial charge in [-0.1, -0.05) is 0 Å². The fourth-order valence-corrected chi connectivity index (χ4v) is 1.67. The average molecular weight is 203 g/mol. The molecular weight excluding hydrogens is 190 g/mol. The lowest BCUT2D eigenvalue weighted by molar-refractivity contribution is 0.478. The standard InChI is InChI=1S/C8H13NO3S/c10-13(11,12)8-4-3-7-9-5-1-2-6-9/h1-2,5-6H,3-4,7-8H2,(H,10,11,12). The summed E-state index contributed by atoms with van der Waals surface area (Å²) in [5.74, 6) is -0.145. The van der Waals surface area contributed by atoms with Gasteiger partial charge in [0, 0.05) is 18.9 Å². The molecule has 0 saturated carbocycles. The molecule has 5 heteroatoms. The topological polar surface area (TPSA) is 59.3 Å². The summed E-state index contributed by atoms with van der Waals surface area (Å²) in [5, 5.41) is 0. The van der Waals surface area contributed by atoms with Gasteiger partial charge in [-0.3, -0.25) is 4.55 Å². The minimum atomic E-state index is -3.77. The van der Waals surface area contributed by atoms with Gasteiger partial charge in [-0.25, -0.2) is 0 Å². The number of rotatable bonds is 5. The van der Waals surface area contributed by atoms with E-state index in [1.54, 1.807) is 0 Å². The highest BCUT2D eigenvalue weighted by molar-refractivity contribution is 7.85. The third-order valence-electron chi connectivity index (χ3n) is 1.73. The van der Waals surface area contributed by atoms with Crippen molar-refractivity contribution < 1.29 is 13.0 Å². The number of aryl methyl sites for hydroxylation is 1. The van der Waals surface area contributed by atoms with Crippen LogP contribution in [0.4, 0.5) is 0 Å². The largest absolute Gasteiger partial charge is 0.354 e. The highest BCUT2D eigenvalue weighted by atomic mass is 32.2. The molecule has 0 aliphatic heterocycles. The first-order valence-electron chi connectivity index (χ1n) is 4.14. The summed E-state index contributed by atoms with van der Waals surface area (Å²) in [7, 11) is -3.77. The highest BCUT2D eigenvalue weighted by Crippen LogP contribution is 1.98. The van der Waals surface area contributed by atoms with Crippen LogP contribution in [0.25, 0.3) is 0 Å². The van der Waals surface area contributed by atoms with Crippen LogP contribution in [0.3, 0.4) is 0 Å². The molecule has 0 amide bonds. The molecule has 0 radical (unpaired) electrons. The van der Waals surface area contributed by atoms with E-state index in [4.69, 9.17) is 4.55 Å². The summed E-state index contributed by atoms with van der Waals surface area (Å²) in [6.07, 6.45) is 5.10. The fraction of sp³-hybridized carbons (Fsp3) is 0.500. The Morgan fingerprint density at radius 1 is 1.15 bits per heavy atom. The number of hydrogen-bond donors (Lipinski definition) is 1. The maximum absolute atomic E-state index is 10.3. The minimum absolute atomic E-state index is 0.145. The quantitative estimate of drug-likeness (QED) is 0.577. The van der Waals surface area contributed by atoms with E-state index in [1.807, 2.05) is 29.1 Å². The van der Waals surface area contributed by atoms with Crippen molar-refractivity contribution in [2.24, 2.45) is 0 Å². The lowest BCUT2D eigenvalue weighted by Crippen LogP contribution is -2.05. The predicted molar refractivity (Wildman–Crippen MR) is 50.1 cm³/mol. The van der Waals surface area contributed by atoms with Crippen LogP contribution in [-0.2, 0) is 16.7 Å². The van der Waals surface area contributed by atoms with E-state index in [1.165, 1.54) is 0 Å². The Morgan fingerprint density at radius 3 is 2.31 bits per heavy atom. The molecule has 13 heavy (non-hydrogen) atoms. The van der Waals surface area contributed by atoms with Crippen LogP contribution in [-0.4, -0.2) is 23.3 Å². The summed E-state index contributed by atoms with van der Waals surface area (Å²) in [4.78, 5) is 0. The Bertz CT molecular complexity index is 328. The molecule has 1 N–H and O–H groups in total. The molecule has 0 fully saturated rings.